The minimum atomic E-state index is 0.334. The van der Waals surface area contributed by atoms with Gasteiger partial charge in [-0.05, 0) is 39.9 Å². The van der Waals surface area contributed by atoms with Gasteiger partial charge in [0.25, 0.3) is 0 Å². The molecule has 0 fully saturated rings. The Balaban J connectivity index is 2.98. The Morgan fingerprint density at radius 3 is 2.64 bits per heavy atom. The topological polar surface area (TPSA) is 38.1 Å². The first-order valence-corrected chi connectivity index (χ1v) is 5.16. The monoisotopic (exact) mass is 213 g/mol. The maximum atomic E-state index is 10.4. The molecule has 1 rings (SSSR count). The predicted octanol–water partition coefficient (Wildman–Crippen LogP) is 1.27. The van der Waals surface area contributed by atoms with Gasteiger partial charge in [0, 0.05) is 0 Å². The molecular weight excluding hydrogens is 198 g/mol. The average molecular weight is 213 g/mol. The third-order valence-electron chi connectivity index (χ3n) is 1.84. The molecule has 5 heteroatoms. The van der Waals surface area contributed by atoms with Crippen LogP contribution >= 0.6 is 11.9 Å². The Morgan fingerprint density at radius 2 is 2.14 bits per heavy atom. The van der Waals surface area contributed by atoms with E-state index in [0.29, 0.717) is 6.54 Å². The zero-order chi connectivity index (χ0) is 10.7. The van der Waals surface area contributed by atoms with Crippen molar-refractivity contribution in [3.8, 4) is 0 Å². The molecule has 0 spiro atoms. The second-order valence-corrected chi connectivity index (χ2v) is 4.57. The zero-order valence-corrected chi connectivity index (χ0v) is 9.76. The van der Waals surface area contributed by atoms with E-state index in [2.05, 4.69) is 5.10 Å². The highest BCUT2D eigenvalue weighted by Crippen LogP contribution is 2.26. The van der Waals surface area contributed by atoms with Crippen molar-refractivity contribution in [3.05, 3.63) is 11.4 Å². The molecule has 1 aromatic heterocycles. The number of carbonyl (C=O) groups is 1. The lowest BCUT2D eigenvalue weighted by molar-refractivity contribution is -0.108. The number of nitrogens with zero attached hydrogens (tertiary/aromatic N) is 3. The van der Waals surface area contributed by atoms with E-state index in [-0.39, 0.29) is 0 Å². The van der Waals surface area contributed by atoms with Crippen LogP contribution in [-0.4, -0.2) is 34.5 Å². The van der Waals surface area contributed by atoms with Gasteiger partial charge in [0.15, 0.2) is 0 Å². The van der Waals surface area contributed by atoms with E-state index in [9.17, 15) is 4.79 Å². The Morgan fingerprint density at radius 1 is 1.50 bits per heavy atom. The van der Waals surface area contributed by atoms with E-state index in [1.807, 2.05) is 32.2 Å². The first-order chi connectivity index (χ1) is 6.56. The van der Waals surface area contributed by atoms with E-state index in [4.69, 9.17) is 0 Å². The van der Waals surface area contributed by atoms with Gasteiger partial charge in [0.2, 0.25) is 0 Å². The summed E-state index contributed by atoms with van der Waals surface area (Å²) in [5.41, 5.74) is 2.02. The van der Waals surface area contributed by atoms with Gasteiger partial charge in [-0.1, -0.05) is 0 Å². The maximum absolute atomic E-state index is 10.4. The highest BCUT2D eigenvalue weighted by Gasteiger charge is 2.12. The van der Waals surface area contributed by atoms with Crippen LogP contribution in [0.3, 0.4) is 0 Å². The molecule has 0 saturated heterocycles. The molecule has 0 saturated carbocycles. The summed E-state index contributed by atoms with van der Waals surface area (Å²) in [6.45, 7) is 4.27. The first-order valence-electron chi connectivity index (χ1n) is 4.39. The summed E-state index contributed by atoms with van der Waals surface area (Å²) < 4.78 is 3.75. The predicted molar refractivity (Wildman–Crippen MR) is 57.3 cm³/mol. The quantitative estimate of drug-likeness (QED) is 0.557. The van der Waals surface area contributed by atoms with E-state index >= 15 is 0 Å². The molecule has 0 aliphatic heterocycles. The van der Waals surface area contributed by atoms with Crippen LogP contribution in [0.1, 0.15) is 11.4 Å². The second-order valence-electron chi connectivity index (χ2n) is 3.25. The molecule has 0 aliphatic carbocycles. The van der Waals surface area contributed by atoms with Crippen LogP contribution in [0.15, 0.2) is 4.90 Å². The van der Waals surface area contributed by atoms with Gasteiger partial charge in [-0.25, -0.2) is 0 Å². The van der Waals surface area contributed by atoms with E-state index in [0.717, 1.165) is 22.6 Å². The fraction of sp³-hybridized carbons (Fsp3) is 0.556. The molecule has 0 unspecified atom stereocenters. The maximum Gasteiger partial charge on any atom is 0.141 e. The van der Waals surface area contributed by atoms with Gasteiger partial charge in [0.05, 0.1) is 22.8 Å². The lowest BCUT2D eigenvalue weighted by atomic mass is 10.4. The average Bonchev–Trinajstić information content (AvgIpc) is 2.33. The van der Waals surface area contributed by atoms with Gasteiger partial charge in [0.1, 0.15) is 6.29 Å². The normalized spacial score (nSPS) is 10.9. The Hall–Kier alpha value is -0.810. The van der Waals surface area contributed by atoms with Crippen molar-refractivity contribution in [1.82, 2.24) is 14.1 Å². The molecule has 0 N–H and O–H groups in total. The molecule has 0 aliphatic rings. The van der Waals surface area contributed by atoms with Crippen LogP contribution in [0.4, 0.5) is 0 Å². The van der Waals surface area contributed by atoms with Crippen LogP contribution in [0, 0.1) is 13.8 Å². The minimum absolute atomic E-state index is 0.334. The van der Waals surface area contributed by atoms with Gasteiger partial charge in [-0.2, -0.15) is 5.10 Å². The third-order valence-corrected chi connectivity index (χ3v) is 2.97. The van der Waals surface area contributed by atoms with Crippen molar-refractivity contribution < 1.29 is 4.79 Å². The number of aldehydes is 1. The van der Waals surface area contributed by atoms with Crippen LogP contribution in [-0.2, 0) is 11.3 Å². The number of hydrogen-bond donors (Lipinski definition) is 0. The summed E-state index contributed by atoms with van der Waals surface area (Å²) in [6, 6.07) is 0. The lowest BCUT2D eigenvalue weighted by Crippen LogP contribution is -2.04. The van der Waals surface area contributed by atoms with Crippen LogP contribution in [0.2, 0.25) is 0 Å². The first kappa shape index (κ1) is 11.3. The molecule has 0 aromatic carbocycles. The van der Waals surface area contributed by atoms with Gasteiger partial charge in [-0.15, -0.1) is 0 Å². The van der Waals surface area contributed by atoms with Crippen LogP contribution in [0.25, 0.3) is 0 Å². The van der Waals surface area contributed by atoms with E-state index in [1.165, 1.54) is 0 Å². The van der Waals surface area contributed by atoms with Crippen molar-refractivity contribution in [2.24, 2.45) is 0 Å². The molecule has 4 nitrogen and oxygen atoms in total. The summed E-state index contributed by atoms with van der Waals surface area (Å²) in [5.74, 6) is 0. The van der Waals surface area contributed by atoms with Crippen molar-refractivity contribution in [1.29, 1.82) is 0 Å². The zero-order valence-electron chi connectivity index (χ0n) is 8.94. The summed E-state index contributed by atoms with van der Waals surface area (Å²) in [6.07, 6.45) is 0.865. The highest BCUT2D eigenvalue weighted by atomic mass is 32.2. The van der Waals surface area contributed by atoms with E-state index in [1.54, 1.807) is 16.6 Å². The number of aromatic nitrogens is 2. The van der Waals surface area contributed by atoms with Gasteiger partial charge >= 0.3 is 0 Å². The molecule has 0 atom stereocenters. The Kier molecular flexibility index (Phi) is 3.71. The van der Waals surface area contributed by atoms with Crippen LogP contribution in [0.5, 0.6) is 0 Å². The number of aryl methyl sites for hydroxylation is 1. The van der Waals surface area contributed by atoms with Crippen molar-refractivity contribution in [3.63, 3.8) is 0 Å². The fourth-order valence-corrected chi connectivity index (χ4v) is 2.02. The molecule has 0 amide bonds. The van der Waals surface area contributed by atoms with Crippen molar-refractivity contribution >= 4 is 18.2 Å². The summed E-state index contributed by atoms with van der Waals surface area (Å²) >= 11 is 1.63. The molecular formula is C9H15N3OS. The minimum Gasteiger partial charge on any atom is -0.301 e. The molecule has 0 radical (unpaired) electrons. The smallest absolute Gasteiger partial charge is 0.141 e. The SMILES string of the molecule is Cc1nn(CC=O)c(C)c1SN(C)C. The summed E-state index contributed by atoms with van der Waals surface area (Å²) in [5, 5.41) is 4.29. The summed E-state index contributed by atoms with van der Waals surface area (Å²) in [4.78, 5) is 11.5. The molecule has 14 heavy (non-hydrogen) atoms. The molecule has 0 bridgehead atoms. The number of hydrogen-bond acceptors (Lipinski definition) is 4. The Bertz CT molecular complexity index is 333. The molecule has 78 valence electrons. The second kappa shape index (κ2) is 4.61. The highest BCUT2D eigenvalue weighted by molar-refractivity contribution is 7.97. The van der Waals surface area contributed by atoms with Gasteiger partial charge in [-0.3, -0.25) is 8.99 Å². The van der Waals surface area contributed by atoms with Crippen LogP contribution < -0.4 is 0 Å². The largest absolute Gasteiger partial charge is 0.301 e. The summed E-state index contributed by atoms with van der Waals surface area (Å²) in [7, 11) is 3.97. The van der Waals surface area contributed by atoms with Crippen molar-refractivity contribution in [2.45, 2.75) is 25.3 Å². The lowest BCUT2D eigenvalue weighted by Gasteiger charge is -2.08. The standard InChI is InChI=1S/C9H15N3OS/c1-7-9(14-11(3)4)8(2)12(10-7)5-6-13/h6H,5H2,1-4H3. The fourth-order valence-electron chi connectivity index (χ4n) is 1.24. The third kappa shape index (κ3) is 2.36. The number of carbonyl (C=O) groups excluding carboxylic acids is 1. The number of rotatable bonds is 4. The Labute approximate surface area is 88.4 Å². The van der Waals surface area contributed by atoms with Gasteiger partial charge < -0.3 is 4.79 Å². The van der Waals surface area contributed by atoms with E-state index < -0.39 is 0 Å². The molecule has 1 heterocycles. The van der Waals surface area contributed by atoms with Crippen molar-refractivity contribution in [2.75, 3.05) is 14.1 Å². The molecule has 1 aromatic rings.